The number of aliphatic imine (C=N–C) groups is 1. The lowest BCUT2D eigenvalue weighted by molar-refractivity contribution is -0.118. The molecule has 1 aromatic heterocycles. The maximum Gasteiger partial charge on any atom is 0.233 e. The van der Waals surface area contributed by atoms with Gasteiger partial charge < -0.3 is 5.32 Å². The van der Waals surface area contributed by atoms with Crippen LogP contribution < -0.4 is 5.32 Å². The van der Waals surface area contributed by atoms with Gasteiger partial charge in [0.25, 0.3) is 0 Å². The first-order valence-electron chi connectivity index (χ1n) is 10.8. The molecular formula is C25H25FN4O. The summed E-state index contributed by atoms with van der Waals surface area (Å²) < 4.78 is 13.4. The summed E-state index contributed by atoms with van der Waals surface area (Å²) in [5.41, 5.74) is 5.76. The highest BCUT2D eigenvalue weighted by molar-refractivity contribution is 6.03. The standard InChI is InChI=1S/C25H25FN4O/c1-15-2-3-18(24-13-23(29-30-24)17-4-5-17)12-22(15)28-25(31)21-14-27-11-10-20(21)16-6-8-19(26)9-7-16/h2-3,6-9,12-14,17,20-21H,4-5,10-11H2,1H3,(H,28,31)(H,29,30). The fraction of sp³-hybridized carbons (Fsp3) is 0.320. The Balaban J connectivity index is 1.37. The first-order chi connectivity index (χ1) is 15.1. The molecule has 5 rings (SSSR count). The van der Waals surface area contributed by atoms with Crippen molar-refractivity contribution in [3.05, 3.63) is 71.2 Å². The number of carbonyl (C=O) groups is 1. The fourth-order valence-corrected chi connectivity index (χ4v) is 4.24. The monoisotopic (exact) mass is 416 g/mol. The maximum atomic E-state index is 13.4. The number of amides is 1. The van der Waals surface area contributed by atoms with Gasteiger partial charge in [0, 0.05) is 41.5 Å². The predicted octanol–water partition coefficient (Wildman–Crippen LogP) is 5.21. The molecule has 0 bridgehead atoms. The average molecular weight is 417 g/mol. The molecule has 2 atom stereocenters. The third-order valence-corrected chi connectivity index (χ3v) is 6.28. The van der Waals surface area contributed by atoms with Crippen LogP contribution >= 0.6 is 0 Å². The molecule has 2 aliphatic rings. The van der Waals surface area contributed by atoms with E-state index in [1.165, 1.54) is 30.7 Å². The molecule has 2 unspecified atom stereocenters. The molecule has 2 heterocycles. The Bertz CT molecular complexity index is 1130. The van der Waals surface area contributed by atoms with Crippen molar-refractivity contribution < 1.29 is 9.18 Å². The summed E-state index contributed by atoms with van der Waals surface area (Å²) >= 11 is 0. The fourth-order valence-electron chi connectivity index (χ4n) is 4.24. The minimum Gasteiger partial charge on any atom is -0.325 e. The van der Waals surface area contributed by atoms with E-state index >= 15 is 0 Å². The first kappa shape index (κ1) is 19.7. The zero-order chi connectivity index (χ0) is 21.4. The Morgan fingerprint density at radius 3 is 2.68 bits per heavy atom. The van der Waals surface area contributed by atoms with Gasteiger partial charge in [-0.05, 0) is 61.6 Å². The van der Waals surface area contributed by atoms with Crippen molar-refractivity contribution in [2.45, 2.75) is 38.0 Å². The van der Waals surface area contributed by atoms with Crippen molar-refractivity contribution >= 4 is 17.8 Å². The number of benzene rings is 2. The molecule has 3 aromatic rings. The second-order valence-electron chi connectivity index (χ2n) is 8.53. The number of halogens is 1. The molecule has 2 aromatic carbocycles. The first-order valence-corrected chi connectivity index (χ1v) is 10.8. The smallest absolute Gasteiger partial charge is 0.233 e. The van der Waals surface area contributed by atoms with Crippen LogP contribution in [0.4, 0.5) is 10.1 Å². The molecule has 5 nitrogen and oxygen atoms in total. The molecule has 1 aliphatic heterocycles. The quantitative estimate of drug-likeness (QED) is 0.599. The molecule has 0 saturated heterocycles. The van der Waals surface area contributed by atoms with E-state index in [1.54, 1.807) is 18.3 Å². The third kappa shape index (κ3) is 4.15. The summed E-state index contributed by atoms with van der Waals surface area (Å²) in [6.45, 7) is 2.65. The van der Waals surface area contributed by atoms with Crippen LogP contribution in [0.3, 0.4) is 0 Å². The number of rotatable bonds is 5. The van der Waals surface area contributed by atoms with Gasteiger partial charge in [-0.1, -0.05) is 24.3 Å². The van der Waals surface area contributed by atoms with E-state index in [1.807, 2.05) is 25.1 Å². The Kier molecular flexibility index (Phi) is 5.14. The number of anilines is 1. The Labute approximate surface area is 180 Å². The van der Waals surface area contributed by atoms with Crippen LogP contribution in [0.25, 0.3) is 11.3 Å². The summed E-state index contributed by atoms with van der Waals surface area (Å²) in [4.78, 5) is 17.6. The molecule has 1 amide bonds. The van der Waals surface area contributed by atoms with Crippen molar-refractivity contribution in [1.29, 1.82) is 0 Å². The molecule has 1 fully saturated rings. The van der Waals surface area contributed by atoms with Crippen LogP contribution in [0.5, 0.6) is 0 Å². The number of aromatic amines is 1. The molecule has 0 spiro atoms. The van der Waals surface area contributed by atoms with Gasteiger partial charge in [0.1, 0.15) is 5.82 Å². The average Bonchev–Trinajstić information content (AvgIpc) is 3.52. The van der Waals surface area contributed by atoms with Gasteiger partial charge in [-0.25, -0.2) is 4.39 Å². The zero-order valence-corrected chi connectivity index (χ0v) is 17.4. The van der Waals surface area contributed by atoms with Crippen LogP contribution in [0.1, 0.15) is 47.9 Å². The van der Waals surface area contributed by atoms with Crippen LogP contribution in [0.15, 0.2) is 53.5 Å². The van der Waals surface area contributed by atoms with E-state index in [0.717, 1.165) is 34.5 Å². The largest absolute Gasteiger partial charge is 0.325 e. The summed E-state index contributed by atoms with van der Waals surface area (Å²) in [7, 11) is 0. The Morgan fingerprint density at radius 2 is 1.90 bits per heavy atom. The van der Waals surface area contributed by atoms with E-state index < -0.39 is 5.92 Å². The topological polar surface area (TPSA) is 70.1 Å². The minimum atomic E-state index is -0.394. The van der Waals surface area contributed by atoms with E-state index in [4.69, 9.17) is 0 Å². The number of aromatic nitrogens is 2. The third-order valence-electron chi connectivity index (χ3n) is 6.28. The van der Waals surface area contributed by atoms with Gasteiger partial charge in [-0.2, -0.15) is 5.10 Å². The zero-order valence-electron chi connectivity index (χ0n) is 17.4. The predicted molar refractivity (Wildman–Crippen MR) is 120 cm³/mol. The summed E-state index contributed by atoms with van der Waals surface area (Å²) in [5, 5.41) is 10.7. The van der Waals surface area contributed by atoms with Crippen molar-refractivity contribution in [3.8, 4) is 11.3 Å². The number of carbonyl (C=O) groups excluding carboxylic acids is 1. The van der Waals surface area contributed by atoms with E-state index in [-0.39, 0.29) is 17.6 Å². The van der Waals surface area contributed by atoms with Crippen molar-refractivity contribution in [2.75, 3.05) is 11.9 Å². The Hall–Kier alpha value is -3.28. The van der Waals surface area contributed by atoms with Crippen molar-refractivity contribution in [3.63, 3.8) is 0 Å². The number of nitrogens with one attached hydrogen (secondary N) is 2. The summed E-state index contributed by atoms with van der Waals surface area (Å²) in [5.74, 6) is -0.174. The highest BCUT2D eigenvalue weighted by atomic mass is 19.1. The van der Waals surface area contributed by atoms with Crippen molar-refractivity contribution in [2.24, 2.45) is 10.9 Å². The van der Waals surface area contributed by atoms with Gasteiger partial charge >= 0.3 is 0 Å². The van der Waals surface area contributed by atoms with Crippen LogP contribution in [0.2, 0.25) is 0 Å². The van der Waals surface area contributed by atoms with Crippen LogP contribution in [0, 0.1) is 18.7 Å². The van der Waals surface area contributed by atoms with Gasteiger partial charge in [0.15, 0.2) is 0 Å². The second kappa shape index (κ2) is 8.10. The molecule has 2 N–H and O–H groups in total. The highest BCUT2D eigenvalue weighted by Crippen LogP contribution is 2.40. The van der Waals surface area contributed by atoms with E-state index in [9.17, 15) is 9.18 Å². The van der Waals surface area contributed by atoms with Crippen molar-refractivity contribution in [1.82, 2.24) is 10.2 Å². The van der Waals surface area contributed by atoms with Crippen LogP contribution in [-0.2, 0) is 4.79 Å². The van der Waals surface area contributed by atoms with Crippen LogP contribution in [-0.4, -0.2) is 28.9 Å². The summed E-state index contributed by atoms with van der Waals surface area (Å²) in [6.07, 6.45) is 4.93. The van der Waals surface area contributed by atoms with Gasteiger partial charge in [0.2, 0.25) is 5.91 Å². The highest BCUT2D eigenvalue weighted by Gasteiger charge is 2.31. The lowest BCUT2D eigenvalue weighted by atomic mass is 9.82. The number of H-pyrrole nitrogens is 1. The Morgan fingerprint density at radius 1 is 1.10 bits per heavy atom. The lowest BCUT2D eigenvalue weighted by Gasteiger charge is -2.27. The maximum absolute atomic E-state index is 13.4. The number of nitrogens with zero attached hydrogens (tertiary/aromatic N) is 2. The molecule has 158 valence electrons. The molecule has 0 radical (unpaired) electrons. The molecule has 31 heavy (non-hydrogen) atoms. The normalized spacial score (nSPS) is 20.6. The molecule has 1 saturated carbocycles. The van der Waals surface area contributed by atoms with Gasteiger partial charge in [-0.3, -0.25) is 14.9 Å². The van der Waals surface area contributed by atoms with E-state index in [0.29, 0.717) is 12.5 Å². The number of hydrogen-bond acceptors (Lipinski definition) is 3. The molecule has 1 aliphatic carbocycles. The number of hydrogen-bond donors (Lipinski definition) is 2. The SMILES string of the molecule is Cc1ccc(-c2cc(C3CC3)[nH]n2)cc1NC(=O)C1C=NCCC1c1ccc(F)cc1. The summed E-state index contributed by atoms with van der Waals surface area (Å²) in [6, 6.07) is 14.5. The minimum absolute atomic E-state index is 0.0194. The van der Waals surface area contributed by atoms with Gasteiger partial charge in [0.05, 0.1) is 11.6 Å². The molecular weight excluding hydrogens is 391 g/mol. The molecule has 6 heteroatoms. The lowest BCUT2D eigenvalue weighted by Crippen LogP contribution is -2.32. The number of aryl methyl sites for hydroxylation is 1. The van der Waals surface area contributed by atoms with Gasteiger partial charge in [-0.15, -0.1) is 0 Å². The van der Waals surface area contributed by atoms with E-state index in [2.05, 4.69) is 26.6 Å². The second-order valence-corrected chi connectivity index (χ2v) is 8.53.